The van der Waals surface area contributed by atoms with Gasteiger partial charge in [0.05, 0.1) is 35.1 Å². The van der Waals surface area contributed by atoms with Crippen molar-refractivity contribution in [3.63, 3.8) is 0 Å². The minimum Gasteiger partial charge on any atom is -0.383 e. The van der Waals surface area contributed by atoms with Crippen molar-refractivity contribution in [3.8, 4) is 17.5 Å². The molecule has 1 N–H and O–H groups in total. The summed E-state index contributed by atoms with van der Waals surface area (Å²) in [6.45, 7) is 0.927. The summed E-state index contributed by atoms with van der Waals surface area (Å²) in [4.78, 5) is 26.7. The normalized spacial score (nSPS) is 10.5. The second-order valence-corrected chi connectivity index (χ2v) is 7.06. The summed E-state index contributed by atoms with van der Waals surface area (Å²) in [5.74, 6) is 0.246. The molecule has 0 saturated heterocycles. The van der Waals surface area contributed by atoms with E-state index in [9.17, 15) is 20.2 Å². The molecule has 3 aromatic rings. The number of amides is 1. The van der Waals surface area contributed by atoms with Gasteiger partial charge in [-0.3, -0.25) is 24.5 Å². The van der Waals surface area contributed by atoms with Gasteiger partial charge in [-0.15, -0.1) is 10.2 Å². The number of carbonyl (C=O) groups is 1. The second kappa shape index (κ2) is 10.3. The molecule has 158 valence electrons. The number of ether oxygens (including phenoxy) is 1. The Morgan fingerprint density at radius 1 is 1.32 bits per heavy atom. The fourth-order valence-corrected chi connectivity index (χ4v) is 3.42. The van der Waals surface area contributed by atoms with Crippen LogP contribution in [0.2, 0.25) is 0 Å². The van der Waals surface area contributed by atoms with Gasteiger partial charge in [-0.2, -0.15) is 5.26 Å². The van der Waals surface area contributed by atoms with Crippen LogP contribution in [0.3, 0.4) is 0 Å². The first-order chi connectivity index (χ1) is 15.0. The lowest BCUT2D eigenvalue weighted by Crippen LogP contribution is -2.16. The first-order valence-electron chi connectivity index (χ1n) is 8.97. The van der Waals surface area contributed by atoms with Crippen molar-refractivity contribution in [2.24, 2.45) is 0 Å². The average molecular weight is 439 g/mol. The number of hydrogen-bond acceptors (Lipinski definition) is 9. The van der Waals surface area contributed by atoms with Gasteiger partial charge in [0.15, 0.2) is 11.0 Å². The van der Waals surface area contributed by atoms with Crippen LogP contribution in [0.4, 0.5) is 11.4 Å². The first-order valence-corrected chi connectivity index (χ1v) is 9.95. The van der Waals surface area contributed by atoms with Crippen molar-refractivity contribution < 1.29 is 14.5 Å². The Labute approximate surface area is 181 Å². The van der Waals surface area contributed by atoms with Crippen LogP contribution >= 0.6 is 11.8 Å². The Bertz CT molecular complexity index is 1130. The molecule has 0 radical (unpaired) electrons. The van der Waals surface area contributed by atoms with Gasteiger partial charge in [-0.25, -0.2) is 0 Å². The molecule has 0 atom stereocenters. The molecule has 1 amide bonds. The fraction of sp³-hybridized carbons (Fsp3) is 0.211. The van der Waals surface area contributed by atoms with Crippen molar-refractivity contribution in [1.29, 1.82) is 5.26 Å². The highest BCUT2D eigenvalue weighted by Crippen LogP contribution is 2.25. The number of hydrogen-bond donors (Lipinski definition) is 1. The van der Waals surface area contributed by atoms with E-state index in [0.29, 0.717) is 24.1 Å². The van der Waals surface area contributed by atoms with Crippen molar-refractivity contribution in [1.82, 2.24) is 19.7 Å². The molecule has 0 fully saturated rings. The van der Waals surface area contributed by atoms with Gasteiger partial charge >= 0.3 is 0 Å². The maximum atomic E-state index is 12.4. The van der Waals surface area contributed by atoms with Crippen molar-refractivity contribution in [3.05, 3.63) is 58.4 Å². The van der Waals surface area contributed by atoms with Crippen LogP contribution in [0.15, 0.2) is 47.9 Å². The van der Waals surface area contributed by atoms with E-state index in [1.54, 1.807) is 19.5 Å². The second-order valence-electron chi connectivity index (χ2n) is 6.12. The largest absolute Gasteiger partial charge is 0.383 e. The van der Waals surface area contributed by atoms with Gasteiger partial charge in [0.25, 0.3) is 5.69 Å². The highest BCUT2D eigenvalue weighted by atomic mass is 32.2. The maximum Gasteiger partial charge on any atom is 0.270 e. The van der Waals surface area contributed by atoms with E-state index >= 15 is 0 Å². The number of nitriles is 1. The van der Waals surface area contributed by atoms with Crippen LogP contribution in [0.1, 0.15) is 5.56 Å². The maximum absolute atomic E-state index is 12.4. The smallest absolute Gasteiger partial charge is 0.270 e. The molecule has 11 nitrogen and oxygen atoms in total. The first kappa shape index (κ1) is 21.9. The van der Waals surface area contributed by atoms with Gasteiger partial charge in [-0.1, -0.05) is 11.8 Å². The number of thioether (sulfide) groups is 1. The molecule has 3 rings (SSSR count). The number of nitrogens with zero attached hydrogens (tertiary/aromatic N) is 6. The third-order valence-electron chi connectivity index (χ3n) is 4.12. The monoisotopic (exact) mass is 439 g/mol. The predicted octanol–water partition coefficient (Wildman–Crippen LogP) is 2.50. The lowest BCUT2D eigenvalue weighted by Gasteiger charge is -2.10. The molecule has 31 heavy (non-hydrogen) atoms. The molecule has 0 unspecified atom stereocenters. The van der Waals surface area contributed by atoms with Crippen molar-refractivity contribution in [2.75, 3.05) is 24.8 Å². The zero-order valence-electron chi connectivity index (χ0n) is 16.4. The minimum absolute atomic E-state index is 0.00329. The topological polar surface area (TPSA) is 149 Å². The van der Waals surface area contributed by atoms with E-state index in [2.05, 4.69) is 20.5 Å². The number of rotatable bonds is 9. The van der Waals surface area contributed by atoms with Gasteiger partial charge in [0.1, 0.15) is 6.07 Å². The lowest BCUT2D eigenvalue weighted by molar-refractivity contribution is -0.384. The fourth-order valence-electron chi connectivity index (χ4n) is 2.66. The summed E-state index contributed by atoms with van der Waals surface area (Å²) >= 11 is 1.18. The Morgan fingerprint density at radius 2 is 2.10 bits per heavy atom. The van der Waals surface area contributed by atoms with Crippen LogP contribution in [-0.2, 0) is 16.1 Å². The van der Waals surface area contributed by atoms with Crippen LogP contribution in [0, 0.1) is 21.4 Å². The number of nitrogens with one attached hydrogen (secondary N) is 1. The van der Waals surface area contributed by atoms with Crippen molar-refractivity contribution in [2.45, 2.75) is 11.7 Å². The SMILES string of the molecule is COCCn1c(SCC(=O)Nc2ccc([N+](=O)[O-])cc2C#N)nnc1-c1ccncc1. The van der Waals surface area contributed by atoms with Crippen LogP contribution < -0.4 is 5.32 Å². The highest BCUT2D eigenvalue weighted by Gasteiger charge is 2.17. The number of benzene rings is 1. The van der Waals surface area contributed by atoms with E-state index in [-0.39, 0.29) is 28.6 Å². The van der Waals surface area contributed by atoms with E-state index in [1.807, 2.05) is 22.8 Å². The number of anilines is 1. The summed E-state index contributed by atoms with van der Waals surface area (Å²) in [6, 6.07) is 9.16. The number of methoxy groups -OCH3 is 1. The highest BCUT2D eigenvalue weighted by molar-refractivity contribution is 7.99. The Balaban J connectivity index is 1.72. The summed E-state index contributed by atoms with van der Waals surface area (Å²) in [5.41, 5.74) is 0.825. The van der Waals surface area contributed by atoms with E-state index in [0.717, 1.165) is 11.6 Å². The number of pyridine rings is 1. The summed E-state index contributed by atoms with van der Waals surface area (Å²) in [7, 11) is 1.59. The van der Waals surface area contributed by atoms with Gasteiger partial charge in [0, 0.05) is 37.2 Å². The third kappa shape index (κ3) is 5.41. The molecule has 1 aromatic carbocycles. The molecule has 0 aliphatic rings. The Morgan fingerprint density at radius 3 is 2.77 bits per heavy atom. The molecule has 0 aliphatic carbocycles. The zero-order valence-corrected chi connectivity index (χ0v) is 17.2. The van der Waals surface area contributed by atoms with Crippen LogP contribution in [0.5, 0.6) is 0 Å². The summed E-state index contributed by atoms with van der Waals surface area (Å²) < 4.78 is 7.01. The number of aromatic nitrogens is 4. The summed E-state index contributed by atoms with van der Waals surface area (Å²) in [6.07, 6.45) is 3.31. The summed E-state index contributed by atoms with van der Waals surface area (Å²) in [5, 5.41) is 31.6. The number of nitro benzene ring substituents is 1. The third-order valence-corrected chi connectivity index (χ3v) is 5.08. The van der Waals surface area contributed by atoms with E-state index in [4.69, 9.17) is 4.74 Å². The number of non-ortho nitro benzene ring substituents is 1. The Hall–Kier alpha value is -3.82. The van der Waals surface area contributed by atoms with Gasteiger partial charge in [0.2, 0.25) is 5.91 Å². The number of carbonyl (C=O) groups excluding carboxylic acids is 1. The Kier molecular flexibility index (Phi) is 7.26. The lowest BCUT2D eigenvalue weighted by atomic mass is 10.1. The molecule has 2 aromatic heterocycles. The molecule has 0 aliphatic heterocycles. The zero-order chi connectivity index (χ0) is 22.2. The van der Waals surface area contributed by atoms with Crippen LogP contribution in [0.25, 0.3) is 11.4 Å². The molecule has 0 bridgehead atoms. The molecule has 0 saturated carbocycles. The van der Waals surface area contributed by atoms with E-state index in [1.165, 1.54) is 23.9 Å². The van der Waals surface area contributed by atoms with Crippen LogP contribution in [-0.4, -0.2) is 50.0 Å². The van der Waals surface area contributed by atoms with E-state index < -0.39 is 4.92 Å². The van der Waals surface area contributed by atoms with Crippen molar-refractivity contribution >= 4 is 29.0 Å². The molecular formula is C19H17N7O4S. The average Bonchev–Trinajstić information content (AvgIpc) is 3.19. The minimum atomic E-state index is -0.602. The molecule has 0 spiro atoms. The molecule has 12 heteroatoms. The number of nitro groups is 1. The predicted molar refractivity (Wildman–Crippen MR) is 112 cm³/mol. The molecule has 2 heterocycles. The standard InChI is InChI=1S/C19H17N7O4S/c1-30-9-8-25-18(13-4-6-21-7-5-13)23-24-19(25)31-12-17(27)22-16-3-2-15(26(28)29)10-14(16)11-20/h2-7,10H,8-9,12H2,1H3,(H,22,27). The molecular weight excluding hydrogens is 422 g/mol. The quantitative estimate of drug-likeness (QED) is 0.301. The van der Waals surface area contributed by atoms with Gasteiger partial charge in [-0.05, 0) is 18.2 Å². The van der Waals surface area contributed by atoms with Gasteiger partial charge < -0.3 is 10.1 Å².